The Morgan fingerprint density at radius 3 is 2.47 bits per heavy atom. The number of aromatic hydroxyl groups is 1. The normalized spacial score (nSPS) is 11.6. The molecule has 0 aromatic heterocycles. The number of carboxylic acids is 1. The van der Waals surface area contributed by atoms with Crippen LogP contribution in [0.1, 0.15) is 16.8 Å². The molecule has 0 saturated carbocycles. The van der Waals surface area contributed by atoms with Gasteiger partial charge in [0.25, 0.3) is 0 Å². The first-order valence-corrected chi connectivity index (χ1v) is 5.22. The highest BCUT2D eigenvalue weighted by molar-refractivity contribution is 5.99. The van der Waals surface area contributed by atoms with Crippen molar-refractivity contribution in [3.8, 4) is 5.75 Å². The summed E-state index contributed by atoms with van der Waals surface area (Å²) in [4.78, 5) is 32.9. The predicted octanol–water partition coefficient (Wildman–Crippen LogP) is -0.768. The standard InChI is InChI=1S/C11H13N3O5/c12-7(4-9(13)16)10(17)14-5-1-2-8(15)6(3-5)11(18)19/h1-3,7,15H,4,12H2,(H2,13,16)(H,14,17)(H,18,19). The first-order valence-electron chi connectivity index (χ1n) is 5.22. The van der Waals surface area contributed by atoms with Gasteiger partial charge in [0, 0.05) is 5.69 Å². The van der Waals surface area contributed by atoms with Crippen LogP contribution >= 0.6 is 0 Å². The number of phenols is 1. The second kappa shape index (κ2) is 5.83. The maximum Gasteiger partial charge on any atom is 0.339 e. The number of nitrogens with two attached hydrogens (primary N) is 2. The maximum atomic E-state index is 11.6. The van der Waals surface area contributed by atoms with Crippen LogP contribution in [0.4, 0.5) is 5.69 Å². The van der Waals surface area contributed by atoms with Gasteiger partial charge in [-0.2, -0.15) is 0 Å². The minimum atomic E-state index is -1.34. The van der Waals surface area contributed by atoms with Crippen molar-refractivity contribution in [3.05, 3.63) is 23.8 Å². The smallest absolute Gasteiger partial charge is 0.339 e. The summed E-state index contributed by atoms with van der Waals surface area (Å²) in [6, 6.07) is 2.38. The summed E-state index contributed by atoms with van der Waals surface area (Å²) < 4.78 is 0. The number of benzene rings is 1. The molecule has 102 valence electrons. The minimum absolute atomic E-state index is 0.139. The molecule has 1 aromatic carbocycles. The highest BCUT2D eigenvalue weighted by atomic mass is 16.4. The van der Waals surface area contributed by atoms with E-state index in [0.29, 0.717) is 0 Å². The van der Waals surface area contributed by atoms with Crippen molar-refractivity contribution in [1.29, 1.82) is 0 Å². The SMILES string of the molecule is NC(=O)CC(N)C(=O)Nc1ccc(O)c(C(=O)O)c1. The summed E-state index contributed by atoms with van der Waals surface area (Å²) in [5.41, 5.74) is 10.1. The molecule has 0 aliphatic carbocycles. The second-order valence-corrected chi connectivity index (χ2v) is 3.80. The third-order valence-corrected chi connectivity index (χ3v) is 2.25. The van der Waals surface area contributed by atoms with Gasteiger partial charge in [0.05, 0.1) is 12.5 Å². The largest absolute Gasteiger partial charge is 0.507 e. The maximum absolute atomic E-state index is 11.6. The van der Waals surface area contributed by atoms with Gasteiger partial charge in [0.2, 0.25) is 11.8 Å². The molecule has 8 nitrogen and oxygen atoms in total. The van der Waals surface area contributed by atoms with Gasteiger partial charge in [-0.25, -0.2) is 4.79 Å². The number of hydrogen-bond acceptors (Lipinski definition) is 5. The molecule has 0 spiro atoms. The lowest BCUT2D eigenvalue weighted by Crippen LogP contribution is -2.39. The van der Waals surface area contributed by atoms with Crippen LogP contribution in [0.2, 0.25) is 0 Å². The zero-order chi connectivity index (χ0) is 14.6. The third kappa shape index (κ3) is 3.96. The zero-order valence-electron chi connectivity index (χ0n) is 9.79. The second-order valence-electron chi connectivity index (χ2n) is 3.80. The summed E-state index contributed by atoms with van der Waals surface area (Å²) in [6.07, 6.45) is -0.324. The average molecular weight is 267 g/mol. The molecular formula is C11H13N3O5. The highest BCUT2D eigenvalue weighted by Gasteiger charge is 2.17. The van der Waals surface area contributed by atoms with Crippen molar-refractivity contribution >= 4 is 23.5 Å². The van der Waals surface area contributed by atoms with Gasteiger partial charge in [0.1, 0.15) is 11.3 Å². The van der Waals surface area contributed by atoms with Gasteiger partial charge in [-0.1, -0.05) is 0 Å². The Balaban J connectivity index is 2.83. The Morgan fingerprint density at radius 1 is 1.32 bits per heavy atom. The van der Waals surface area contributed by atoms with Crippen LogP contribution in [0.3, 0.4) is 0 Å². The fraction of sp³-hybridized carbons (Fsp3) is 0.182. The molecule has 0 aliphatic rings. The van der Waals surface area contributed by atoms with E-state index in [9.17, 15) is 19.5 Å². The van der Waals surface area contributed by atoms with Gasteiger partial charge >= 0.3 is 5.97 Å². The van der Waals surface area contributed by atoms with E-state index in [1.54, 1.807) is 0 Å². The van der Waals surface area contributed by atoms with Crippen molar-refractivity contribution in [2.75, 3.05) is 5.32 Å². The van der Waals surface area contributed by atoms with Crippen molar-refractivity contribution in [2.24, 2.45) is 11.5 Å². The van der Waals surface area contributed by atoms with Crippen LogP contribution < -0.4 is 16.8 Å². The van der Waals surface area contributed by atoms with Gasteiger partial charge < -0.3 is 27.0 Å². The lowest BCUT2D eigenvalue weighted by Gasteiger charge is -2.11. The molecular weight excluding hydrogens is 254 g/mol. The Labute approximate surface area is 108 Å². The van der Waals surface area contributed by atoms with Gasteiger partial charge in [-0.05, 0) is 18.2 Å². The van der Waals surface area contributed by atoms with Crippen molar-refractivity contribution < 1.29 is 24.6 Å². The van der Waals surface area contributed by atoms with Gasteiger partial charge in [-0.15, -0.1) is 0 Å². The number of rotatable bonds is 5. The quantitative estimate of drug-likeness (QED) is 0.441. The third-order valence-electron chi connectivity index (χ3n) is 2.25. The van der Waals surface area contributed by atoms with E-state index in [0.717, 1.165) is 12.1 Å². The number of nitrogens with one attached hydrogen (secondary N) is 1. The van der Waals surface area contributed by atoms with Crippen LogP contribution in [0, 0.1) is 0 Å². The summed E-state index contributed by atoms with van der Waals surface area (Å²) in [6.45, 7) is 0. The number of aromatic carboxylic acids is 1. The number of carbonyl (C=O) groups is 3. The molecule has 8 heteroatoms. The monoisotopic (exact) mass is 267 g/mol. The molecule has 2 amide bonds. The fourth-order valence-electron chi connectivity index (χ4n) is 1.33. The van der Waals surface area contributed by atoms with Crippen LogP contribution in [-0.2, 0) is 9.59 Å². The van der Waals surface area contributed by atoms with E-state index in [-0.39, 0.29) is 17.7 Å². The van der Waals surface area contributed by atoms with Crippen molar-refractivity contribution in [2.45, 2.75) is 12.5 Å². The van der Waals surface area contributed by atoms with Crippen LogP contribution in [-0.4, -0.2) is 34.0 Å². The molecule has 0 fully saturated rings. The molecule has 0 heterocycles. The molecule has 1 aromatic rings. The van der Waals surface area contributed by atoms with E-state index in [1.165, 1.54) is 6.07 Å². The first kappa shape index (κ1) is 14.5. The predicted molar refractivity (Wildman–Crippen MR) is 65.5 cm³/mol. The molecule has 7 N–H and O–H groups in total. The molecule has 19 heavy (non-hydrogen) atoms. The Kier molecular flexibility index (Phi) is 4.43. The van der Waals surface area contributed by atoms with E-state index in [1.807, 2.05) is 0 Å². The molecule has 1 atom stereocenters. The van der Waals surface area contributed by atoms with Gasteiger partial charge in [-0.3, -0.25) is 9.59 Å². The van der Waals surface area contributed by atoms with Crippen LogP contribution in [0.15, 0.2) is 18.2 Å². The Morgan fingerprint density at radius 2 is 1.95 bits per heavy atom. The van der Waals surface area contributed by atoms with Crippen molar-refractivity contribution in [3.63, 3.8) is 0 Å². The fourth-order valence-corrected chi connectivity index (χ4v) is 1.33. The summed E-state index contributed by atoms with van der Waals surface area (Å²) >= 11 is 0. The number of amides is 2. The molecule has 0 bridgehead atoms. The molecule has 1 rings (SSSR count). The summed E-state index contributed by atoms with van der Waals surface area (Å²) in [7, 11) is 0. The van der Waals surface area contributed by atoms with E-state index in [4.69, 9.17) is 16.6 Å². The first-order chi connectivity index (χ1) is 8.81. The summed E-state index contributed by atoms with van der Waals surface area (Å²) in [5.74, 6) is -3.16. The average Bonchev–Trinajstić information content (AvgIpc) is 2.30. The number of primary amides is 1. The Hall–Kier alpha value is -2.61. The Bertz CT molecular complexity index is 529. The number of anilines is 1. The molecule has 0 aliphatic heterocycles. The molecule has 0 saturated heterocycles. The van der Waals surface area contributed by atoms with Crippen LogP contribution in [0.25, 0.3) is 0 Å². The number of carboxylic acid groups (broad SMARTS) is 1. The highest BCUT2D eigenvalue weighted by Crippen LogP contribution is 2.21. The zero-order valence-corrected chi connectivity index (χ0v) is 9.79. The van der Waals surface area contributed by atoms with E-state index < -0.39 is 29.6 Å². The minimum Gasteiger partial charge on any atom is -0.507 e. The lowest BCUT2D eigenvalue weighted by atomic mass is 10.1. The van der Waals surface area contributed by atoms with Crippen LogP contribution in [0.5, 0.6) is 5.75 Å². The summed E-state index contributed by atoms with van der Waals surface area (Å²) in [5, 5.41) is 20.4. The van der Waals surface area contributed by atoms with Crippen molar-refractivity contribution in [1.82, 2.24) is 0 Å². The number of hydrogen-bond donors (Lipinski definition) is 5. The molecule has 0 radical (unpaired) electrons. The molecule has 1 unspecified atom stereocenters. The lowest BCUT2D eigenvalue weighted by molar-refractivity contribution is -0.123. The number of carbonyl (C=O) groups excluding carboxylic acids is 2. The van der Waals surface area contributed by atoms with E-state index >= 15 is 0 Å². The van der Waals surface area contributed by atoms with E-state index in [2.05, 4.69) is 5.32 Å². The van der Waals surface area contributed by atoms with Gasteiger partial charge in [0.15, 0.2) is 0 Å². The topological polar surface area (TPSA) is 156 Å².